The van der Waals surface area contributed by atoms with Crippen LogP contribution in [0.3, 0.4) is 0 Å². The van der Waals surface area contributed by atoms with E-state index >= 15 is 0 Å². The SMILES string of the molecule is CCn1nc(C)c2nc(CCl)n(-c3cccc(C#N)c3)c21. The van der Waals surface area contributed by atoms with Crippen molar-refractivity contribution < 1.29 is 0 Å². The van der Waals surface area contributed by atoms with Gasteiger partial charge in [0.1, 0.15) is 11.3 Å². The zero-order valence-electron chi connectivity index (χ0n) is 11.8. The van der Waals surface area contributed by atoms with Gasteiger partial charge in [-0.25, -0.2) is 9.67 Å². The molecule has 0 fully saturated rings. The van der Waals surface area contributed by atoms with Crippen LogP contribution in [0, 0.1) is 18.3 Å². The van der Waals surface area contributed by atoms with Crippen molar-refractivity contribution in [3.05, 3.63) is 41.3 Å². The quantitative estimate of drug-likeness (QED) is 0.698. The molecule has 0 N–H and O–H groups in total. The van der Waals surface area contributed by atoms with Crippen molar-refractivity contribution >= 4 is 22.8 Å². The van der Waals surface area contributed by atoms with Crippen LogP contribution >= 0.6 is 11.6 Å². The van der Waals surface area contributed by atoms with Crippen LogP contribution in [0.4, 0.5) is 0 Å². The largest absolute Gasteiger partial charge is 0.280 e. The van der Waals surface area contributed by atoms with Crippen LogP contribution in [0.15, 0.2) is 24.3 Å². The van der Waals surface area contributed by atoms with Gasteiger partial charge in [0, 0.05) is 6.54 Å². The average molecular weight is 300 g/mol. The summed E-state index contributed by atoms with van der Waals surface area (Å²) in [5.41, 5.74) is 4.14. The fraction of sp³-hybridized carbons (Fsp3) is 0.267. The molecule has 3 aromatic rings. The Morgan fingerprint density at radius 2 is 2.19 bits per heavy atom. The first kappa shape index (κ1) is 13.7. The van der Waals surface area contributed by atoms with Gasteiger partial charge in [-0.2, -0.15) is 10.4 Å². The topological polar surface area (TPSA) is 59.4 Å². The molecule has 0 radical (unpaired) electrons. The molecular weight excluding hydrogens is 286 g/mol. The lowest BCUT2D eigenvalue weighted by molar-refractivity contribution is 0.660. The number of halogens is 1. The van der Waals surface area contributed by atoms with Crippen molar-refractivity contribution in [2.45, 2.75) is 26.3 Å². The Hall–Kier alpha value is -2.32. The molecule has 2 aromatic heterocycles. The van der Waals surface area contributed by atoms with Gasteiger partial charge in [0.2, 0.25) is 0 Å². The zero-order chi connectivity index (χ0) is 15.0. The minimum Gasteiger partial charge on any atom is -0.280 e. The minimum absolute atomic E-state index is 0.300. The number of alkyl halides is 1. The molecule has 0 bridgehead atoms. The monoisotopic (exact) mass is 299 g/mol. The highest BCUT2D eigenvalue weighted by molar-refractivity contribution is 6.17. The summed E-state index contributed by atoms with van der Waals surface area (Å²) in [4.78, 5) is 4.60. The summed E-state index contributed by atoms with van der Waals surface area (Å²) in [5, 5.41) is 13.6. The van der Waals surface area contributed by atoms with E-state index in [2.05, 4.69) is 16.2 Å². The normalized spacial score (nSPS) is 11.0. The molecule has 0 aliphatic rings. The molecule has 6 heteroatoms. The van der Waals surface area contributed by atoms with Crippen molar-refractivity contribution in [2.75, 3.05) is 0 Å². The molecule has 0 atom stereocenters. The lowest BCUT2D eigenvalue weighted by atomic mass is 10.2. The van der Waals surface area contributed by atoms with E-state index in [1.54, 1.807) is 6.07 Å². The Bertz CT molecular complexity index is 853. The number of benzene rings is 1. The summed E-state index contributed by atoms with van der Waals surface area (Å²) in [6, 6.07) is 9.57. The molecule has 2 heterocycles. The Morgan fingerprint density at radius 3 is 2.86 bits per heavy atom. The van der Waals surface area contributed by atoms with E-state index in [4.69, 9.17) is 16.9 Å². The maximum atomic E-state index is 9.09. The highest BCUT2D eigenvalue weighted by Gasteiger charge is 2.18. The highest BCUT2D eigenvalue weighted by atomic mass is 35.5. The van der Waals surface area contributed by atoms with Gasteiger partial charge in [0.05, 0.1) is 28.9 Å². The van der Waals surface area contributed by atoms with Gasteiger partial charge in [0.15, 0.2) is 5.65 Å². The van der Waals surface area contributed by atoms with Gasteiger partial charge >= 0.3 is 0 Å². The van der Waals surface area contributed by atoms with Crippen LogP contribution in [0.25, 0.3) is 16.9 Å². The Balaban J connectivity index is 2.36. The van der Waals surface area contributed by atoms with E-state index in [1.165, 1.54) is 0 Å². The van der Waals surface area contributed by atoms with E-state index in [0.29, 0.717) is 11.4 Å². The third-order valence-corrected chi connectivity index (χ3v) is 3.67. The summed E-state index contributed by atoms with van der Waals surface area (Å²) < 4.78 is 3.89. The number of nitriles is 1. The molecule has 0 saturated carbocycles. The van der Waals surface area contributed by atoms with Gasteiger partial charge < -0.3 is 0 Å². The fourth-order valence-corrected chi connectivity index (χ4v) is 2.69. The van der Waals surface area contributed by atoms with Crippen LogP contribution in [0.2, 0.25) is 0 Å². The smallest absolute Gasteiger partial charge is 0.163 e. The van der Waals surface area contributed by atoms with Crippen LogP contribution < -0.4 is 0 Å². The maximum absolute atomic E-state index is 9.09. The van der Waals surface area contributed by atoms with Crippen molar-refractivity contribution in [1.29, 1.82) is 5.26 Å². The second kappa shape index (κ2) is 5.23. The number of hydrogen-bond donors (Lipinski definition) is 0. The van der Waals surface area contributed by atoms with Gasteiger partial charge in [-0.05, 0) is 32.0 Å². The van der Waals surface area contributed by atoms with E-state index in [9.17, 15) is 0 Å². The number of fused-ring (bicyclic) bond motifs is 1. The highest BCUT2D eigenvalue weighted by Crippen LogP contribution is 2.25. The van der Waals surface area contributed by atoms with Crippen LogP contribution in [0.5, 0.6) is 0 Å². The molecule has 0 aliphatic carbocycles. The van der Waals surface area contributed by atoms with Crippen molar-refractivity contribution in [3.8, 4) is 11.8 Å². The Morgan fingerprint density at radius 1 is 1.38 bits per heavy atom. The van der Waals surface area contributed by atoms with Crippen LogP contribution in [-0.4, -0.2) is 19.3 Å². The molecule has 0 unspecified atom stereocenters. The molecule has 3 rings (SSSR count). The number of imidazole rings is 1. The molecule has 0 aliphatic heterocycles. The van der Waals surface area contributed by atoms with Gasteiger partial charge in [-0.3, -0.25) is 4.57 Å². The summed E-state index contributed by atoms with van der Waals surface area (Å²) in [7, 11) is 0. The third kappa shape index (κ3) is 2.08. The van der Waals surface area contributed by atoms with Gasteiger partial charge in [-0.1, -0.05) is 6.07 Å². The average Bonchev–Trinajstić information content (AvgIpc) is 3.04. The molecule has 0 spiro atoms. The number of hydrogen-bond acceptors (Lipinski definition) is 3. The first-order valence-electron chi connectivity index (χ1n) is 6.70. The molecule has 0 saturated heterocycles. The lowest BCUT2D eigenvalue weighted by Gasteiger charge is -2.09. The number of rotatable bonds is 3. The minimum atomic E-state index is 0.300. The van der Waals surface area contributed by atoms with Crippen LogP contribution in [-0.2, 0) is 12.4 Å². The number of nitrogens with zero attached hydrogens (tertiary/aromatic N) is 5. The maximum Gasteiger partial charge on any atom is 0.163 e. The number of aryl methyl sites for hydroxylation is 2. The van der Waals surface area contributed by atoms with E-state index < -0.39 is 0 Å². The standard InChI is InChI=1S/C15H14ClN5/c1-3-20-15-14(10(2)19-20)18-13(8-16)21(15)12-6-4-5-11(7-12)9-17/h4-7H,3,8H2,1-2H3. The van der Waals surface area contributed by atoms with Crippen molar-refractivity contribution in [3.63, 3.8) is 0 Å². The zero-order valence-corrected chi connectivity index (χ0v) is 12.6. The molecule has 1 aromatic carbocycles. The van der Waals surface area contributed by atoms with Crippen molar-refractivity contribution in [1.82, 2.24) is 19.3 Å². The molecular formula is C15H14ClN5. The first-order chi connectivity index (χ1) is 10.2. The van der Waals surface area contributed by atoms with Gasteiger partial charge in [0.25, 0.3) is 0 Å². The molecule has 5 nitrogen and oxygen atoms in total. The van der Waals surface area contributed by atoms with E-state index in [-0.39, 0.29) is 0 Å². The lowest BCUT2D eigenvalue weighted by Crippen LogP contribution is -2.06. The second-order valence-corrected chi connectivity index (χ2v) is 5.00. The van der Waals surface area contributed by atoms with Gasteiger partial charge in [-0.15, -0.1) is 11.6 Å². The predicted octanol–water partition coefficient (Wildman–Crippen LogP) is 3.16. The molecule has 0 amide bonds. The summed E-state index contributed by atoms with van der Waals surface area (Å²) in [5.74, 6) is 1.05. The Kier molecular flexibility index (Phi) is 3.40. The second-order valence-electron chi connectivity index (χ2n) is 4.73. The van der Waals surface area contributed by atoms with E-state index in [1.807, 2.05) is 41.3 Å². The summed E-state index contributed by atoms with van der Waals surface area (Å²) in [6.07, 6.45) is 0. The molecule has 106 valence electrons. The fourth-order valence-electron chi connectivity index (χ4n) is 2.51. The first-order valence-corrected chi connectivity index (χ1v) is 7.24. The van der Waals surface area contributed by atoms with E-state index in [0.717, 1.165) is 34.9 Å². The Labute approximate surface area is 127 Å². The van der Waals surface area contributed by atoms with Crippen LogP contribution in [0.1, 0.15) is 24.0 Å². The number of aromatic nitrogens is 4. The summed E-state index contributed by atoms with van der Waals surface area (Å²) >= 11 is 6.05. The molecule has 21 heavy (non-hydrogen) atoms. The predicted molar refractivity (Wildman–Crippen MR) is 81.5 cm³/mol. The third-order valence-electron chi connectivity index (χ3n) is 3.43. The summed E-state index contributed by atoms with van der Waals surface area (Å²) in [6.45, 7) is 4.72. The van der Waals surface area contributed by atoms with Crippen molar-refractivity contribution in [2.24, 2.45) is 0 Å².